The lowest BCUT2D eigenvalue weighted by Gasteiger charge is -2.34. The minimum atomic E-state index is 0.729. The lowest BCUT2D eigenvalue weighted by molar-refractivity contribution is 0.132. The Morgan fingerprint density at radius 3 is 2.47 bits per heavy atom. The monoisotopic (exact) mass is 258 g/mol. The number of nitriles is 1. The summed E-state index contributed by atoms with van der Waals surface area (Å²) < 4.78 is 0. The molecule has 0 saturated carbocycles. The molecule has 0 radical (unpaired) electrons. The van der Waals surface area contributed by atoms with Crippen molar-refractivity contribution >= 4 is 0 Å². The molecule has 0 atom stereocenters. The number of aryl methyl sites for hydroxylation is 1. The van der Waals surface area contributed by atoms with Gasteiger partial charge in [0.1, 0.15) is 6.07 Å². The van der Waals surface area contributed by atoms with E-state index in [0.29, 0.717) is 0 Å². The van der Waals surface area contributed by atoms with Crippen molar-refractivity contribution in [1.29, 1.82) is 5.26 Å². The third-order valence-corrected chi connectivity index (χ3v) is 3.80. The molecule has 2 heterocycles. The van der Waals surface area contributed by atoms with Crippen LogP contribution in [0.15, 0.2) is 12.3 Å². The van der Waals surface area contributed by atoms with E-state index in [4.69, 9.17) is 5.26 Å². The Hall–Kier alpha value is -1.44. The third kappa shape index (κ3) is 3.52. The Morgan fingerprint density at radius 2 is 1.89 bits per heavy atom. The van der Waals surface area contributed by atoms with E-state index in [2.05, 4.69) is 27.8 Å². The fourth-order valence-electron chi connectivity index (χ4n) is 2.52. The summed E-state index contributed by atoms with van der Waals surface area (Å²) in [5.41, 5.74) is 2.79. The number of likely N-dealkylation sites (N-methyl/N-ethyl adjacent to an activating group) is 1. The van der Waals surface area contributed by atoms with E-state index >= 15 is 0 Å². The van der Waals surface area contributed by atoms with Gasteiger partial charge in [0.2, 0.25) is 0 Å². The first-order valence-corrected chi connectivity index (χ1v) is 7.09. The molecule has 0 amide bonds. The maximum atomic E-state index is 9.14. The summed E-state index contributed by atoms with van der Waals surface area (Å²) in [6.45, 7) is 10.8. The number of hydrogen-bond acceptors (Lipinski definition) is 4. The molecule has 0 N–H and O–H groups in total. The summed E-state index contributed by atoms with van der Waals surface area (Å²) in [4.78, 5) is 9.31. The number of piperazine rings is 1. The van der Waals surface area contributed by atoms with Gasteiger partial charge in [-0.2, -0.15) is 5.26 Å². The molecule has 102 valence electrons. The molecule has 0 aliphatic carbocycles. The highest BCUT2D eigenvalue weighted by molar-refractivity contribution is 5.35. The highest BCUT2D eigenvalue weighted by Gasteiger charge is 2.16. The van der Waals surface area contributed by atoms with E-state index in [1.54, 1.807) is 0 Å². The van der Waals surface area contributed by atoms with Gasteiger partial charge >= 0.3 is 0 Å². The molecule has 4 heteroatoms. The predicted molar refractivity (Wildman–Crippen MR) is 75.7 cm³/mol. The van der Waals surface area contributed by atoms with Gasteiger partial charge in [0.05, 0.1) is 11.3 Å². The van der Waals surface area contributed by atoms with Gasteiger partial charge in [0.15, 0.2) is 0 Å². The molecule has 1 aliphatic heterocycles. The highest BCUT2D eigenvalue weighted by atomic mass is 15.3. The Morgan fingerprint density at radius 1 is 1.21 bits per heavy atom. The van der Waals surface area contributed by atoms with E-state index in [0.717, 1.165) is 62.5 Å². The predicted octanol–water partition coefficient (Wildman–Crippen LogP) is 1.65. The molecule has 1 fully saturated rings. The van der Waals surface area contributed by atoms with E-state index in [9.17, 15) is 0 Å². The van der Waals surface area contributed by atoms with Crippen molar-refractivity contribution in [3.05, 3.63) is 29.1 Å². The molecular weight excluding hydrogens is 236 g/mol. The zero-order valence-corrected chi connectivity index (χ0v) is 11.9. The summed E-state index contributed by atoms with van der Waals surface area (Å²) in [6.07, 6.45) is 2.74. The first kappa shape index (κ1) is 14.0. The van der Waals surface area contributed by atoms with E-state index < -0.39 is 0 Å². The maximum Gasteiger partial charge on any atom is 0.101 e. The number of pyridine rings is 1. The first-order chi connectivity index (χ1) is 9.26. The van der Waals surface area contributed by atoms with Crippen LogP contribution in [0.4, 0.5) is 0 Å². The lowest BCUT2D eigenvalue weighted by atomic mass is 10.1. The van der Waals surface area contributed by atoms with E-state index in [1.165, 1.54) is 0 Å². The average molecular weight is 258 g/mol. The molecule has 1 aromatic heterocycles. The lowest BCUT2D eigenvalue weighted by Crippen LogP contribution is -2.45. The molecule has 1 saturated heterocycles. The summed E-state index contributed by atoms with van der Waals surface area (Å²) in [7, 11) is 0. The van der Waals surface area contributed by atoms with Crippen LogP contribution in [0.3, 0.4) is 0 Å². The van der Waals surface area contributed by atoms with Gasteiger partial charge in [-0.15, -0.1) is 0 Å². The van der Waals surface area contributed by atoms with E-state index in [-0.39, 0.29) is 0 Å². The Bertz CT molecular complexity index is 456. The van der Waals surface area contributed by atoms with Crippen molar-refractivity contribution in [2.75, 3.05) is 32.7 Å². The quantitative estimate of drug-likeness (QED) is 0.823. The SMILES string of the molecule is CCc1ncc(CN2CCN(CC)CC2)cc1C#N. The molecule has 0 aromatic carbocycles. The molecule has 1 aromatic rings. The van der Waals surface area contributed by atoms with Crippen molar-refractivity contribution in [2.24, 2.45) is 0 Å². The van der Waals surface area contributed by atoms with Crippen molar-refractivity contribution in [2.45, 2.75) is 26.8 Å². The van der Waals surface area contributed by atoms with Gasteiger partial charge in [0.25, 0.3) is 0 Å². The fraction of sp³-hybridized carbons (Fsp3) is 0.600. The minimum absolute atomic E-state index is 0.729. The zero-order chi connectivity index (χ0) is 13.7. The van der Waals surface area contributed by atoms with Gasteiger partial charge < -0.3 is 4.90 Å². The zero-order valence-electron chi connectivity index (χ0n) is 11.9. The second-order valence-corrected chi connectivity index (χ2v) is 5.01. The summed E-state index contributed by atoms with van der Waals surface area (Å²) in [5, 5.41) is 9.14. The third-order valence-electron chi connectivity index (χ3n) is 3.80. The number of nitrogens with zero attached hydrogens (tertiary/aromatic N) is 4. The number of aromatic nitrogens is 1. The van der Waals surface area contributed by atoms with Crippen LogP contribution in [0.5, 0.6) is 0 Å². The van der Waals surface area contributed by atoms with Crippen molar-refractivity contribution < 1.29 is 0 Å². The number of rotatable bonds is 4. The van der Waals surface area contributed by atoms with Crippen LogP contribution in [-0.4, -0.2) is 47.5 Å². The molecule has 2 rings (SSSR count). The van der Waals surface area contributed by atoms with Crippen LogP contribution < -0.4 is 0 Å². The van der Waals surface area contributed by atoms with Crippen LogP contribution in [0, 0.1) is 11.3 Å². The second kappa shape index (κ2) is 6.65. The summed E-state index contributed by atoms with van der Waals surface area (Å²) in [6, 6.07) is 4.25. The topological polar surface area (TPSA) is 43.2 Å². The molecule has 1 aliphatic rings. The van der Waals surface area contributed by atoms with Crippen LogP contribution >= 0.6 is 0 Å². The number of hydrogen-bond donors (Lipinski definition) is 0. The van der Waals surface area contributed by atoms with Crippen molar-refractivity contribution in [3.63, 3.8) is 0 Å². The standard InChI is InChI=1S/C15H22N4/c1-3-15-14(10-16)9-13(11-17-15)12-19-7-5-18(4-2)6-8-19/h9,11H,3-8,12H2,1-2H3. The second-order valence-electron chi connectivity index (χ2n) is 5.01. The van der Waals surface area contributed by atoms with Crippen LogP contribution in [0.2, 0.25) is 0 Å². The normalized spacial score (nSPS) is 17.3. The largest absolute Gasteiger partial charge is 0.301 e. The Balaban J connectivity index is 1.98. The first-order valence-electron chi connectivity index (χ1n) is 7.09. The van der Waals surface area contributed by atoms with Crippen LogP contribution in [0.1, 0.15) is 30.7 Å². The summed E-state index contributed by atoms with van der Waals surface area (Å²) in [5.74, 6) is 0. The van der Waals surface area contributed by atoms with E-state index in [1.807, 2.05) is 19.2 Å². The van der Waals surface area contributed by atoms with Gasteiger partial charge in [-0.25, -0.2) is 0 Å². The van der Waals surface area contributed by atoms with Crippen LogP contribution in [-0.2, 0) is 13.0 Å². The smallest absolute Gasteiger partial charge is 0.101 e. The molecule has 19 heavy (non-hydrogen) atoms. The van der Waals surface area contributed by atoms with Gasteiger partial charge in [-0.05, 0) is 24.6 Å². The van der Waals surface area contributed by atoms with Crippen molar-refractivity contribution in [3.8, 4) is 6.07 Å². The molecule has 0 spiro atoms. The molecule has 0 bridgehead atoms. The summed E-state index contributed by atoms with van der Waals surface area (Å²) >= 11 is 0. The molecular formula is C15H22N4. The van der Waals surface area contributed by atoms with Gasteiger partial charge in [0, 0.05) is 38.9 Å². The highest BCUT2D eigenvalue weighted by Crippen LogP contribution is 2.12. The van der Waals surface area contributed by atoms with Gasteiger partial charge in [-0.3, -0.25) is 9.88 Å². The molecule has 4 nitrogen and oxygen atoms in total. The average Bonchev–Trinajstić information content (AvgIpc) is 2.48. The van der Waals surface area contributed by atoms with Crippen LogP contribution in [0.25, 0.3) is 0 Å². The Labute approximate surface area is 115 Å². The molecule has 0 unspecified atom stereocenters. The van der Waals surface area contributed by atoms with Crippen molar-refractivity contribution in [1.82, 2.24) is 14.8 Å². The Kier molecular flexibility index (Phi) is 4.89. The fourth-order valence-corrected chi connectivity index (χ4v) is 2.52. The minimum Gasteiger partial charge on any atom is -0.301 e. The van der Waals surface area contributed by atoms with Gasteiger partial charge in [-0.1, -0.05) is 13.8 Å². The maximum absolute atomic E-state index is 9.14.